The Morgan fingerprint density at radius 2 is 2.12 bits per heavy atom. The van der Waals surface area contributed by atoms with Gasteiger partial charge in [0.05, 0.1) is 5.52 Å². The van der Waals surface area contributed by atoms with E-state index in [-0.39, 0.29) is 0 Å². The average Bonchev–Trinajstić information content (AvgIpc) is 2.29. The maximum Gasteiger partial charge on any atom is 0.152 e. The van der Waals surface area contributed by atoms with Gasteiger partial charge in [0.2, 0.25) is 0 Å². The number of hydrazine groups is 1. The van der Waals surface area contributed by atoms with Gasteiger partial charge >= 0.3 is 0 Å². The summed E-state index contributed by atoms with van der Waals surface area (Å²) in [5.74, 6) is 0. The third kappa shape index (κ3) is 2.94. The van der Waals surface area contributed by atoms with Gasteiger partial charge in [0.1, 0.15) is 0 Å². The highest BCUT2D eigenvalue weighted by atomic mass is 32.2. The monoisotopic (exact) mass is 263 g/mol. The van der Waals surface area contributed by atoms with Gasteiger partial charge in [-0.05, 0) is 19.1 Å². The van der Waals surface area contributed by atoms with Crippen LogP contribution in [0.3, 0.4) is 0 Å². The number of benzene rings is 1. The number of hydrogen-bond acceptors (Lipinski definition) is 4. The highest BCUT2D eigenvalue weighted by molar-refractivity contribution is 8.23. The van der Waals surface area contributed by atoms with Crippen molar-refractivity contribution in [3.63, 3.8) is 0 Å². The second-order valence-electron chi connectivity index (χ2n) is 3.54. The van der Waals surface area contributed by atoms with Crippen molar-refractivity contribution in [1.29, 1.82) is 0 Å². The quantitative estimate of drug-likeness (QED) is 0.495. The van der Waals surface area contributed by atoms with Crippen LogP contribution in [0, 0.1) is 6.92 Å². The van der Waals surface area contributed by atoms with E-state index in [9.17, 15) is 0 Å². The Labute approximate surface area is 110 Å². The number of rotatable bonds is 2. The molecule has 2 N–H and O–H groups in total. The first-order chi connectivity index (χ1) is 8.20. The number of hydrogen-bond donors (Lipinski definition) is 2. The number of fused-ring (bicyclic) bond motifs is 1. The maximum atomic E-state index is 5.21. The SMILES string of the molecule is CNNC(=S)Sc1cc(C)nc2ccccc12. The summed E-state index contributed by atoms with van der Waals surface area (Å²) in [5, 5.41) is 1.13. The van der Waals surface area contributed by atoms with Crippen molar-refractivity contribution in [2.75, 3.05) is 7.05 Å². The van der Waals surface area contributed by atoms with Gasteiger partial charge in [-0.3, -0.25) is 4.98 Å². The smallest absolute Gasteiger partial charge is 0.152 e. The van der Waals surface area contributed by atoms with Gasteiger partial charge in [0.15, 0.2) is 4.32 Å². The van der Waals surface area contributed by atoms with E-state index >= 15 is 0 Å². The van der Waals surface area contributed by atoms with Gasteiger partial charge in [-0.2, -0.15) is 0 Å². The molecule has 2 rings (SSSR count). The van der Waals surface area contributed by atoms with Gasteiger partial charge in [0.25, 0.3) is 0 Å². The molecular formula is C12H13N3S2. The van der Waals surface area contributed by atoms with Crippen LogP contribution in [0.15, 0.2) is 35.2 Å². The van der Waals surface area contributed by atoms with E-state index in [1.165, 1.54) is 11.8 Å². The van der Waals surface area contributed by atoms with Crippen LogP contribution < -0.4 is 10.9 Å². The summed E-state index contributed by atoms with van der Waals surface area (Å²) in [4.78, 5) is 5.62. The number of aryl methyl sites for hydroxylation is 1. The van der Waals surface area contributed by atoms with E-state index in [1.54, 1.807) is 7.05 Å². The Morgan fingerprint density at radius 1 is 1.35 bits per heavy atom. The zero-order valence-electron chi connectivity index (χ0n) is 9.65. The van der Waals surface area contributed by atoms with Gasteiger partial charge in [0, 0.05) is 23.0 Å². The number of nitrogens with one attached hydrogen (secondary N) is 2. The summed E-state index contributed by atoms with van der Waals surface area (Å²) in [7, 11) is 1.79. The predicted octanol–water partition coefficient (Wildman–Crippen LogP) is 2.64. The molecule has 0 aliphatic rings. The van der Waals surface area contributed by atoms with Crippen molar-refractivity contribution in [3.05, 3.63) is 36.0 Å². The normalized spacial score (nSPS) is 10.5. The molecule has 2 aromatic rings. The molecule has 1 heterocycles. The molecule has 0 fully saturated rings. The van der Waals surface area contributed by atoms with Gasteiger partial charge < -0.3 is 5.43 Å². The van der Waals surface area contributed by atoms with E-state index < -0.39 is 0 Å². The van der Waals surface area contributed by atoms with Crippen molar-refractivity contribution in [3.8, 4) is 0 Å². The second kappa shape index (κ2) is 5.44. The van der Waals surface area contributed by atoms with Gasteiger partial charge in [-0.1, -0.05) is 42.2 Å². The summed E-state index contributed by atoms with van der Waals surface area (Å²) < 4.78 is 0.697. The lowest BCUT2D eigenvalue weighted by molar-refractivity contribution is 0.786. The summed E-state index contributed by atoms with van der Waals surface area (Å²) in [6.07, 6.45) is 0. The number of pyridine rings is 1. The fourth-order valence-corrected chi connectivity index (χ4v) is 2.82. The lowest BCUT2D eigenvalue weighted by Gasteiger charge is -2.09. The van der Waals surface area contributed by atoms with E-state index in [0.717, 1.165) is 21.5 Å². The largest absolute Gasteiger partial charge is 0.307 e. The highest BCUT2D eigenvalue weighted by Gasteiger charge is 2.06. The zero-order chi connectivity index (χ0) is 12.3. The van der Waals surface area contributed by atoms with E-state index in [1.807, 2.05) is 25.1 Å². The first-order valence-corrected chi connectivity index (χ1v) is 6.44. The Morgan fingerprint density at radius 3 is 2.88 bits per heavy atom. The van der Waals surface area contributed by atoms with Crippen LogP contribution in [0.25, 0.3) is 10.9 Å². The minimum absolute atomic E-state index is 0.697. The van der Waals surface area contributed by atoms with Crippen LogP contribution >= 0.6 is 24.0 Å². The van der Waals surface area contributed by atoms with Gasteiger partial charge in [-0.15, -0.1) is 0 Å². The molecule has 88 valence electrons. The van der Waals surface area contributed by atoms with Crippen LogP contribution in [0.1, 0.15) is 5.69 Å². The third-order valence-electron chi connectivity index (χ3n) is 2.24. The van der Waals surface area contributed by atoms with Crippen LogP contribution in [0.2, 0.25) is 0 Å². The number of thiocarbonyl (C=S) groups is 1. The Balaban J connectivity index is 2.42. The minimum atomic E-state index is 0.697. The van der Waals surface area contributed by atoms with E-state index in [2.05, 4.69) is 28.0 Å². The summed E-state index contributed by atoms with van der Waals surface area (Å²) in [6.45, 7) is 1.99. The molecule has 0 aliphatic heterocycles. The van der Waals surface area contributed by atoms with Crippen LogP contribution in [-0.2, 0) is 0 Å². The predicted molar refractivity (Wildman–Crippen MR) is 77.1 cm³/mol. The number of nitrogens with zero attached hydrogens (tertiary/aromatic N) is 1. The lowest BCUT2D eigenvalue weighted by Crippen LogP contribution is -2.30. The molecular weight excluding hydrogens is 250 g/mol. The van der Waals surface area contributed by atoms with E-state index in [4.69, 9.17) is 12.2 Å². The minimum Gasteiger partial charge on any atom is -0.307 e. The molecule has 0 atom stereocenters. The van der Waals surface area contributed by atoms with E-state index in [0.29, 0.717) is 4.32 Å². The van der Waals surface area contributed by atoms with Crippen molar-refractivity contribution >= 4 is 39.2 Å². The first-order valence-electron chi connectivity index (χ1n) is 5.21. The molecule has 0 aliphatic carbocycles. The second-order valence-corrected chi connectivity index (χ2v) is 5.26. The third-order valence-corrected chi connectivity index (χ3v) is 3.43. The molecule has 0 bridgehead atoms. The average molecular weight is 263 g/mol. The molecule has 0 unspecified atom stereocenters. The summed E-state index contributed by atoms with van der Waals surface area (Å²) in [6, 6.07) is 10.1. The molecule has 0 spiro atoms. The molecule has 5 heteroatoms. The molecule has 0 saturated heterocycles. The lowest BCUT2D eigenvalue weighted by atomic mass is 10.2. The van der Waals surface area contributed by atoms with Crippen molar-refractivity contribution in [1.82, 2.24) is 15.8 Å². The molecule has 17 heavy (non-hydrogen) atoms. The summed E-state index contributed by atoms with van der Waals surface area (Å²) >= 11 is 6.74. The molecule has 3 nitrogen and oxygen atoms in total. The topological polar surface area (TPSA) is 37.0 Å². The Hall–Kier alpha value is -1.17. The fourth-order valence-electron chi connectivity index (χ4n) is 1.58. The molecule has 0 amide bonds. The number of aromatic nitrogens is 1. The highest BCUT2D eigenvalue weighted by Crippen LogP contribution is 2.28. The summed E-state index contributed by atoms with van der Waals surface area (Å²) in [5.41, 5.74) is 7.73. The standard InChI is InChI=1S/C12H13N3S2/c1-8-7-11(17-12(16)15-13-2)9-5-3-4-6-10(9)14-8/h3-7,13H,1-2H3,(H,15,16). The van der Waals surface area contributed by atoms with Crippen LogP contribution in [0.4, 0.5) is 0 Å². The number of para-hydroxylation sites is 1. The van der Waals surface area contributed by atoms with Crippen molar-refractivity contribution in [2.45, 2.75) is 11.8 Å². The molecule has 0 radical (unpaired) electrons. The molecule has 0 saturated carbocycles. The molecule has 1 aromatic carbocycles. The maximum absolute atomic E-state index is 5.21. The first kappa shape index (κ1) is 12.3. The Bertz CT molecular complexity index is 554. The fraction of sp³-hybridized carbons (Fsp3) is 0.167. The zero-order valence-corrected chi connectivity index (χ0v) is 11.3. The van der Waals surface area contributed by atoms with Gasteiger partial charge in [-0.25, -0.2) is 5.43 Å². The van der Waals surface area contributed by atoms with Crippen LogP contribution in [-0.4, -0.2) is 16.4 Å². The number of thioether (sulfide) groups is 1. The van der Waals surface area contributed by atoms with Crippen LogP contribution in [0.5, 0.6) is 0 Å². The van der Waals surface area contributed by atoms with Crippen molar-refractivity contribution < 1.29 is 0 Å². The Kier molecular flexibility index (Phi) is 3.93. The van der Waals surface area contributed by atoms with Crippen molar-refractivity contribution in [2.24, 2.45) is 0 Å². The molecule has 1 aromatic heterocycles.